The fraction of sp³-hybridized carbons (Fsp3) is 0.417. The van der Waals surface area contributed by atoms with Crippen LogP contribution in [0.5, 0.6) is 5.75 Å². The molecule has 2 aromatic carbocycles. The maximum absolute atomic E-state index is 12.0. The molecule has 0 atom stereocenters. The predicted octanol–water partition coefficient (Wildman–Crippen LogP) is 3.03. The van der Waals surface area contributed by atoms with Crippen LogP contribution in [0.2, 0.25) is 0 Å². The summed E-state index contributed by atoms with van der Waals surface area (Å²) >= 11 is 0. The highest BCUT2D eigenvalue weighted by Gasteiger charge is 2.08. The van der Waals surface area contributed by atoms with Crippen molar-refractivity contribution in [1.82, 2.24) is 16.0 Å². The van der Waals surface area contributed by atoms with E-state index in [2.05, 4.69) is 40.0 Å². The maximum atomic E-state index is 12.0. The molecular weight excluding hydrogens is 392 g/mol. The fourth-order valence-corrected chi connectivity index (χ4v) is 3.00. The van der Waals surface area contributed by atoms with E-state index in [1.165, 1.54) is 0 Å². The Labute approximate surface area is 185 Å². The van der Waals surface area contributed by atoms with Gasteiger partial charge >= 0.3 is 0 Å². The number of hydrogen-bond acceptors (Lipinski definition) is 4. The van der Waals surface area contributed by atoms with Gasteiger partial charge in [0.2, 0.25) is 0 Å². The van der Waals surface area contributed by atoms with Crippen LogP contribution in [0.4, 0.5) is 0 Å². The number of methoxy groups -OCH3 is 1. The highest BCUT2D eigenvalue weighted by atomic mass is 16.5. The fourth-order valence-electron chi connectivity index (χ4n) is 3.00. The van der Waals surface area contributed by atoms with Gasteiger partial charge in [-0.15, -0.1) is 0 Å². The molecule has 0 spiro atoms. The number of hydrogen-bond donors (Lipinski definition) is 3. The maximum Gasteiger partial charge on any atom is 0.251 e. The Morgan fingerprint density at radius 3 is 2.58 bits per heavy atom. The minimum Gasteiger partial charge on any atom is -0.493 e. The second-order valence-corrected chi connectivity index (χ2v) is 7.15. The topological polar surface area (TPSA) is 84.0 Å². The van der Waals surface area contributed by atoms with Gasteiger partial charge in [-0.25, -0.2) is 0 Å². The molecule has 0 saturated carbocycles. The van der Waals surface area contributed by atoms with Crippen LogP contribution in [-0.4, -0.2) is 45.8 Å². The van der Waals surface area contributed by atoms with E-state index in [1.807, 2.05) is 37.3 Å². The van der Waals surface area contributed by atoms with Crippen LogP contribution in [0, 0.1) is 6.92 Å². The van der Waals surface area contributed by atoms with Crippen LogP contribution in [0.1, 0.15) is 40.4 Å². The van der Waals surface area contributed by atoms with Gasteiger partial charge in [-0.1, -0.05) is 24.3 Å². The zero-order valence-electron chi connectivity index (χ0n) is 19.0. The molecule has 168 valence electrons. The predicted molar refractivity (Wildman–Crippen MR) is 125 cm³/mol. The van der Waals surface area contributed by atoms with Gasteiger partial charge in [-0.05, 0) is 43.2 Å². The Morgan fingerprint density at radius 2 is 1.84 bits per heavy atom. The van der Waals surface area contributed by atoms with E-state index in [0.29, 0.717) is 44.4 Å². The quantitative estimate of drug-likeness (QED) is 0.292. The molecule has 0 aliphatic rings. The number of aryl methyl sites for hydroxylation is 1. The lowest BCUT2D eigenvalue weighted by atomic mass is 10.1. The standard InChI is InChI=1S/C24H34N4O3/c1-5-26-23(29)20-9-6-8-19(15-20)16-27-24(25-3)28-17-21-11-10-18(2)14-22(21)31-13-7-12-30-4/h6,8-11,14-15H,5,7,12-13,16-17H2,1-4H3,(H,26,29)(H2,25,27,28). The molecule has 0 saturated heterocycles. The number of benzene rings is 2. The molecule has 0 bridgehead atoms. The largest absolute Gasteiger partial charge is 0.493 e. The van der Waals surface area contributed by atoms with E-state index in [-0.39, 0.29) is 5.91 Å². The average molecular weight is 427 g/mol. The summed E-state index contributed by atoms with van der Waals surface area (Å²) in [7, 11) is 3.43. The number of nitrogens with one attached hydrogen (secondary N) is 3. The zero-order chi connectivity index (χ0) is 22.5. The molecule has 3 N–H and O–H groups in total. The van der Waals surface area contributed by atoms with E-state index in [9.17, 15) is 4.79 Å². The van der Waals surface area contributed by atoms with E-state index < -0.39 is 0 Å². The van der Waals surface area contributed by atoms with Crippen molar-refractivity contribution in [2.45, 2.75) is 33.4 Å². The highest BCUT2D eigenvalue weighted by molar-refractivity contribution is 5.94. The Hall–Kier alpha value is -3.06. The summed E-state index contributed by atoms with van der Waals surface area (Å²) in [4.78, 5) is 16.3. The van der Waals surface area contributed by atoms with Crippen molar-refractivity contribution in [2.75, 3.05) is 33.9 Å². The van der Waals surface area contributed by atoms with Crippen LogP contribution < -0.4 is 20.7 Å². The summed E-state index contributed by atoms with van der Waals surface area (Å²) in [6.45, 7) is 6.99. The summed E-state index contributed by atoms with van der Waals surface area (Å²) in [5, 5.41) is 9.44. The molecule has 0 heterocycles. The van der Waals surface area contributed by atoms with Gasteiger partial charge in [0.25, 0.3) is 5.91 Å². The molecule has 31 heavy (non-hydrogen) atoms. The highest BCUT2D eigenvalue weighted by Crippen LogP contribution is 2.20. The Bertz CT molecular complexity index is 868. The monoisotopic (exact) mass is 426 g/mol. The van der Waals surface area contributed by atoms with Gasteiger partial charge in [0.05, 0.1) is 6.61 Å². The third-order valence-corrected chi connectivity index (χ3v) is 4.63. The summed E-state index contributed by atoms with van der Waals surface area (Å²) in [5.74, 6) is 1.48. The first-order valence-electron chi connectivity index (χ1n) is 10.6. The van der Waals surface area contributed by atoms with E-state index in [0.717, 1.165) is 28.9 Å². The van der Waals surface area contributed by atoms with Gasteiger partial charge < -0.3 is 25.4 Å². The number of ether oxygens (including phenoxy) is 2. The van der Waals surface area contributed by atoms with Gasteiger partial charge in [0.15, 0.2) is 5.96 Å². The van der Waals surface area contributed by atoms with Crippen LogP contribution in [-0.2, 0) is 17.8 Å². The van der Waals surface area contributed by atoms with Gasteiger partial charge in [0, 0.05) is 57.9 Å². The van der Waals surface area contributed by atoms with Crippen molar-refractivity contribution in [3.63, 3.8) is 0 Å². The molecule has 1 amide bonds. The number of aliphatic imine (C=N–C) groups is 1. The lowest BCUT2D eigenvalue weighted by Crippen LogP contribution is -2.36. The second kappa shape index (κ2) is 13.3. The number of rotatable bonds is 11. The molecule has 2 rings (SSSR count). The number of guanidine groups is 1. The number of amides is 1. The smallest absolute Gasteiger partial charge is 0.251 e. The number of carbonyl (C=O) groups excluding carboxylic acids is 1. The summed E-state index contributed by atoms with van der Waals surface area (Å²) < 4.78 is 11.0. The Balaban J connectivity index is 1.93. The van der Waals surface area contributed by atoms with Crippen molar-refractivity contribution in [3.8, 4) is 5.75 Å². The minimum absolute atomic E-state index is 0.0655. The van der Waals surface area contributed by atoms with E-state index >= 15 is 0 Å². The van der Waals surface area contributed by atoms with Crippen LogP contribution in [0.3, 0.4) is 0 Å². The molecule has 0 unspecified atom stereocenters. The molecule has 0 aliphatic heterocycles. The van der Waals surface area contributed by atoms with Crippen molar-refractivity contribution in [1.29, 1.82) is 0 Å². The van der Waals surface area contributed by atoms with Crippen molar-refractivity contribution < 1.29 is 14.3 Å². The first-order valence-corrected chi connectivity index (χ1v) is 10.6. The lowest BCUT2D eigenvalue weighted by molar-refractivity contribution is 0.0955. The summed E-state index contributed by atoms with van der Waals surface area (Å²) in [5.41, 5.74) is 3.87. The number of carbonyl (C=O) groups is 1. The zero-order valence-corrected chi connectivity index (χ0v) is 19.0. The Morgan fingerprint density at radius 1 is 1.03 bits per heavy atom. The molecule has 2 aromatic rings. The third-order valence-electron chi connectivity index (χ3n) is 4.63. The van der Waals surface area contributed by atoms with Crippen LogP contribution in [0.25, 0.3) is 0 Å². The average Bonchev–Trinajstić information content (AvgIpc) is 2.78. The van der Waals surface area contributed by atoms with Gasteiger partial charge in [-0.2, -0.15) is 0 Å². The normalized spacial score (nSPS) is 11.2. The molecule has 7 heteroatoms. The third kappa shape index (κ3) is 8.30. The molecule has 0 aliphatic carbocycles. The van der Waals surface area contributed by atoms with Gasteiger partial charge in [0.1, 0.15) is 5.75 Å². The second-order valence-electron chi connectivity index (χ2n) is 7.15. The minimum atomic E-state index is -0.0655. The summed E-state index contributed by atoms with van der Waals surface area (Å²) in [6, 6.07) is 13.8. The first kappa shape index (κ1) is 24.2. The van der Waals surface area contributed by atoms with E-state index in [4.69, 9.17) is 9.47 Å². The molecule has 0 aromatic heterocycles. The van der Waals surface area contributed by atoms with Crippen molar-refractivity contribution >= 4 is 11.9 Å². The van der Waals surface area contributed by atoms with E-state index in [1.54, 1.807) is 14.2 Å². The first-order chi connectivity index (χ1) is 15.1. The molecule has 0 fully saturated rings. The Kier molecular flexibility index (Phi) is 10.4. The number of nitrogens with zero attached hydrogens (tertiary/aromatic N) is 1. The van der Waals surface area contributed by atoms with Gasteiger partial charge in [-0.3, -0.25) is 9.79 Å². The van der Waals surface area contributed by atoms with Crippen LogP contribution in [0.15, 0.2) is 47.5 Å². The summed E-state index contributed by atoms with van der Waals surface area (Å²) in [6.07, 6.45) is 0.843. The molecule has 7 nitrogen and oxygen atoms in total. The van der Waals surface area contributed by atoms with Crippen molar-refractivity contribution in [2.24, 2.45) is 4.99 Å². The lowest BCUT2D eigenvalue weighted by Gasteiger charge is -2.16. The molecule has 0 radical (unpaired) electrons. The van der Waals surface area contributed by atoms with Crippen molar-refractivity contribution in [3.05, 3.63) is 64.7 Å². The molecular formula is C24H34N4O3. The van der Waals surface area contributed by atoms with Crippen LogP contribution >= 0.6 is 0 Å². The SMILES string of the molecule is CCNC(=O)c1cccc(CNC(=NC)NCc2ccc(C)cc2OCCCOC)c1.